The summed E-state index contributed by atoms with van der Waals surface area (Å²) < 4.78 is 39.2. The van der Waals surface area contributed by atoms with Crippen LogP contribution in [0.3, 0.4) is 0 Å². The van der Waals surface area contributed by atoms with Gasteiger partial charge in [0, 0.05) is 5.75 Å². The molecule has 0 fully saturated rings. The minimum absolute atomic E-state index is 0.0311. The minimum atomic E-state index is -4.41. The van der Waals surface area contributed by atoms with Gasteiger partial charge in [-0.15, -0.1) is 16.8 Å². The largest absolute Gasteiger partial charge is 0.418 e. The normalized spacial score (nSPS) is 11.3. The number of thioether (sulfide) groups is 1. The summed E-state index contributed by atoms with van der Waals surface area (Å²) in [4.78, 5) is 0. The Bertz CT molecular complexity index is 596. The highest BCUT2D eigenvalue weighted by Gasteiger charge is 2.33. The van der Waals surface area contributed by atoms with Gasteiger partial charge in [0.25, 0.3) is 0 Å². The monoisotopic (exact) mass is 317 g/mol. The van der Waals surface area contributed by atoms with Gasteiger partial charge in [-0.05, 0) is 12.1 Å². The van der Waals surface area contributed by atoms with Gasteiger partial charge in [-0.3, -0.25) is 0 Å². The summed E-state index contributed by atoms with van der Waals surface area (Å²) in [6, 6.07) is 5.27. The maximum absolute atomic E-state index is 12.8. The number of alkyl halides is 3. The van der Waals surface area contributed by atoms with Crippen LogP contribution in [-0.4, -0.2) is 16.0 Å². The van der Waals surface area contributed by atoms with Gasteiger partial charge in [0.1, 0.15) is 0 Å². The lowest BCUT2D eigenvalue weighted by molar-refractivity contribution is -0.136. The molecule has 2 rings (SSSR count). The number of nitrogens with zero attached hydrogens (tertiary/aromatic N) is 2. The second-order valence-corrected chi connectivity index (χ2v) is 5.89. The van der Waals surface area contributed by atoms with Crippen LogP contribution in [-0.2, 0) is 6.18 Å². The Labute approximate surface area is 121 Å². The molecule has 0 aliphatic heterocycles. The molecule has 0 unspecified atom stereocenters. The molecule has 3 nitrogen and oxygen atoms in total. The SMILES string of the molecule is C=CCSc1nnc(Nc2ccccc2C(F)(F)F)s1. The molecular formula is C12H10F3N3S2. The molecule has 1 heterocycles. The predicted octanol–water partition coefficient (Wildman–Crippen LogP) is 4.58. The number of para-hydroxylation sites is 1. The van der Waals surface area contributed by atoms with Crippen molar-refractivity contribution in [3.8, 4) is 0 Å². The summed E-state index contributed by atoms with van der Waals surface area (Å²) in [6.07, 6.45) is -2.69. The molecule has 0 radical (unpaired) electrons. The highest BCUT2D eigenvalue weighted by Crippen LogP contribution is 2.36. The van der Waals surface area contributed by atoms with Gasteiger partial charge in [0.2, 0.25) is 5.13 Å². The standard InChI is InChI=1S/C12H10F3N3S2/c1-2-7-19-11-18-17-10(20-11)16-9-6-4-3-5-8(9)12(13,14)15/h2-6H,1,7H2,(H,16,17). The molecule has 1 aromatic carbocycles. The van der Waals surface area contributed by atoms with Crippen molar-refractivity contribution in [1.82, 2.24) is 10.2 Å². The van der Waals surface area contributed by atoms with Crippen LogP contribution < -0.4 is 5.32 Å². The van der Waals surface area contributed by atoms with Gasteiger partial charge in [-0.2, -0.15) is 13.2 Å². The smallest absolute Gasteiger partial charge is 0.330 e. The first kappa shape index (κ1) is 14.9. The van der Waals surface area contributed by atoms with Crippen molar-refractivity contribution in [2.24, 2.45) is 0 Å². The third kappa shape index (κ3) is 3.73. The lowest BCUT2D eigenvalue weighted by Crippen LogP contribution is -2.08. The summed E-state index contributed by atoms with van der Waals surface area (Å²) in [5.74, 6) is 0.674. The average Bonchev–Trinajstić information content (AvgIpc) is 2.83. The molecule has 1 aromatic heterocycles. The number of anilines is 2. The topological polar surface area (TPSA) is 37.8 Å². The molecule has 106 valence electrons. The van der Waals surface area contributed by atoms with E-state index < -0.39 is 11.7 Å². The lowest BCUT2D eigenvalue weighted by atomic mass is 10.2. The Morgan fingerprint density at radius 1 is 1.30 bits per heavy atom. The summed E-state index contributed by atoms with van der Waals surface area (Å²) >= 11 is 2.63. The van der Waals surface area contributed by atoms with E-state index >= 15 is 0 Å². The van der Waals surface area contributed by atoms with Gasteiger partial charge in [0.15, 0.2) is 4.34 Å². The summed E-state index contributed by atoms with van der Waals surface area (Å²) in [6.45, 7) is 3.58. The van der Waals surface area contributed by atoms with Gasteiger partial charge >= 0.3 is 6.18 Å². The Morgan fingerprint density at radius 3 is 2.75 bits per heavy atom. The molecule has 1 N–H and O–H groups in total. The van der Waals surface area contributed by atoms with E-state index in [1.165, 1.54) is 41.3 Å². The van der Waals surface area contributed by atoms with Gasteiger partial charge in [0.05, 0.1) is 11.3 Å². The van der Waals surface area contributed by atoms with Crippen LogP contribution in [0, 0.1) is 0 Å². The molecule has 0 aliphatic rings. The zero-order valence-corrected chi connectivity index (χ0v) is 11.8. The number of hydrogen-bond donors (Lipinski definition) is 1. The number of rotatable bonds is 5. The number of nitrogens with one attached hydrogen (secondary N) is 1. The molecule has 0 spiro atoms. The third-order valence-electron chi connectivity index (χ3n) is 2.21. The second kappa shape index (κ2) is 6.27. The zero-order chi connectivity index (χ0) is 14.6. The van der Waals surface area contributed by atoms with Crippen molar-refractivity contribution in [3.63, 3.8) is 0 Å². The first-order chi connectivity index (χ1) is 9.50. The summed E-state index contributed by atoms with van der Waals surface area (Å²) in [7, 11) is 0. The summed E-state index contributed by atoms with van der Waals surface area (Å²) in [5.41, 5.74) is -0.757. The average molecular weight is 317 g/mol. The number of benzene rings is 1. The minimum Gasteiger partial charge on any atom is -0.330 e. The van der Waals surface area contributed by atoms with Gasteiger partial charge in [-0.1, -0.05) is 41.3 Å². The molecule has 20 heavy (non-hydrogen) atoms. The number of halogens is 3. The molecule has 0 amide bonds. The van der Waals surface area contributed by atoms with Crippen molar-refractivity contribution in [1.29, 1.82) is 0 Å². The van der Waals surface area contributed by atoms with Crippen LogP contribution >= 0.6 is 23.1 Å². The van der Waals surface area contributed by atoms with Crippen molar-refractivity contribution >= 4 is 33.9 Å². The van der Waals surface area contributed by atoms with Crippen LogP contribution in [0.5, 0.6) is 0 Å². The van der Waals surface area contributed by atoms with E-state index in [0.29, 0.717) is 15.2 Å². The van der Waals surface area contributed by atoms with Crippen molar-refractivity contribution < 1.29 is 13.2 Å². The van der Waals surface area contributed by atoms with Gasteiger partial charge in [-0.25, -0.2) is 0 Å². The van der Waals surface area contributed by atoms with E-state index in [-0.39, 0.29) is 5.69 Å². The third-order valence-corrected chi connectivity index (χ3v) is 4.17. The Balaban J connectivity index is 2.18. The first-order valence-electron chi connectivity index (χ1n) is 5.51. The van der Waals surface area contributed by atoms with Crippen molar-refractivity contribution in [2.45, 2.75) is 10.5 Å². The molecule has 0 bridgehead atoms. The van der Waals surface area contributed by atoms with Gasteiger partial charge < -0.3 is 5.32 Å². The van der Waals surface area contributed by atoms with Crippen LogP contribution in [0.4, 0.5) is 24.0 Å². The van der Waals surface area contributed by atoms with E-state index in [9.17, 15) is 13.2 Å². The lowest BCUT2D eigenvalue weighted by Gasteiger charge is -2.12. The fourth-order valence-electron chi connectivity index (χ4n) is 1.40. The number of aromatic nitrogens is 2. The van der Waals surface area contributed by atoms with E-state index in [0.717, 1.165) is 6.07 Å². The van der Waals surface area contributed by atoms with Crippen LogP contribution in [0.2, 0.25) is 0 Å². The summed E-state index contributed by atoms with van der Waals surface area (Å²) in [5, 5.41) is 10.7. The molecule has 0 atom stereocenters. The first-order valence-corrected chi connectivity index (χ1v) is 7.31. The second-order valence-electron chi connectivity index (χ2n) is 3.64. The highest BCUT2D eigenvalue weighted by molar-refractivity contribution is 8.01. The quantitative estimate of drug-likeness (QED) is 0.647. The molecule has 2 aromatic rings. The molecular weight excluding hydrogens is 307 g/mol. The highest BCUT2D eigenvalue weighted by atomic mass is 32.2. The molecule has 0 saturated heterocycles. The molecule has 0 aliphatic carbocycles. The van der Waals surface area contributed by atoms with E-state index in [1.54, 1.807) is 6.08 Å². The van der Waals surface area contributed by atoms with Crippen LogP contribution in [0.1, 0.15) is 5.56 Å². The fraction of sp³-hybridized carbons (Fsp3) is 0.167. The zero-order valence-electron chi connectivity index (χ0n) is 10.1. The maximum Gasteiger partial charge on any atom is 0.418 e. The Kier molecular flexibility index (Phi) is 4.66. The van der Waals surface area contributed by atoms with Crippen molar-refractivity contribution in [3.05, 3.63) is 42.5 Å². The van der Waals surface area contributed by atoms with Crippen molar-refractivity contribution in [2.75, 3.05) is 11.1 Å². The maximum atomic E-state index is 12.8. The fourth-order valence-corrected chi connectivity index (χ4v) is 2.93. The predicted molar refractivity (Wildman–Crippen MR) is 75.6 cm³/mol. The van der Waals surface area contributed by atoms with E-state index in [4.69, 9.17) is 0 Å². The molecule has 0 saturated carbocycles. The van der Waals surface area contributed by atoms with E-state index in [2.05, 4.69) is 22.1 Å². The van der Waals surface area contributed by atoms with Crippen LogP contribution in [0.25, 0.3) is 0 Å². The van der Waals surface area contributed by atoms with E-state index in [1.807, 2.05) is 0 Å². The van der Waals surface area contributed by atoms with Crippen LogP contribution in [0.15, 0.2) is 41.3 Å². The Morgan fingerprint density at radius 2 is 2.05 bits per heavy atom. The molecule has 8 heteroatoms. The Hall–Kier alpha value is -1.54. The number of hydrogen-bond acceptors (Lipinski definition) is 5.